The summed E-state index contributed by atoms with van der Waals surface area (Å²) in [6, 6.07) is 7.99. The van der Waals surface area contributed by atoms with Gasteiger partial charge < -0.3 is 4.90 Å². The molecule has 3 heterocycles. The molecule has 0 unspecified atom stereocenters. The first-order valence-electron chi connectivity index (χ1n) is 8.31. The summed E-state index contributed by atoms with van der Waals surface area (Å²) in [5.41, 5.74) is 0.943. The summed E-state index contributed by atoms with van der Waals surface area (Å²) in [5, 5.41) is 10.3. The number of hydrazone groups is 1. The van der Waals surface area contributed by atoms with Crippen molar-refractivity contribution in [1.29, 1.82) is 0 Å². The van der Waals surface area contributed by atoms with Crippen LogP contribution in [0.25, 0.3) is 0 Å². The van der Waals surface area contributed by atoms with Crippen LogP contribution in [0.15, 0.2) is 40.1 Å². The molecule has 2 amide bonds. The second-order valence-electron chi connectivity index (χ2n) is 6.46. The maximum absolute atomic E-state index is 12.9. The van der Waals surface area contributed by atoms with Crippen molar-refractivity contribution in [3.05, 3.63) is 44.8 Å². The van der Waals surface area contributed by atoms with Crippen molar-refractivity contribution in [3.8, 4) is 0 Å². The third kappa shape index (κ3) is 4.20. The van der Waals surface area contributed by atoms with E-state index in [4.69, 9.17) is 0 Å². The molecule has 2 aromatic heterocycles. The molecule has 1 atom stereocenters. The largest absolute Gasteiger partial charge is 0.348 e. The number of likely N-dealkylation sites (N-methyl/N-ethyl adjacent to an activating group) is 2. The highest BCUT2D eigenvalue weighted by Gasteiger charge is 2.34. The standard InChI is InChI=1S/C18H22N4O2S2/c1-20(2)17(23)11-21(3)12-18(24)22-14(16-7-5-9-26-16)10-13(19-22)15-6-4-8-25-15/h4-9,14H,10-12H2,1-3H3/t14-/m1/s1. The zero-order valence-electron chi connectivity index (χ0n) is 15.1. The van der Waals surface area contributed by atoms with Crippen LogP contribution in [-0.4, -0.2) is 66.6 Å². The number of thiophene rings is 2. The van der Waals surface area contributed by atoms with E-state index in [0.29, 0.717) is 6.42 Å². The Bertz CT molecular complexity index is 784. The van der Waals surface area contributed by atoms with Gasteiger partial charge in [-0.3, -0.25) is 14.5 Å². The molecule has 2 aromatic rings. The quantitative estimate of drug-likeness (QED) is 0.762. The summed E-state index contributed by atoms with van der Waals surface area (Å²) in [6.07, 6.45) is 0.715. The summed E-state index contributed by atoms with van der Waals surface area (Å²) in [7, 11) is 5.20. The first-order chi connectivity index (χ1) is 12.5. The van der Waals surface area contributed by atoms with Gasteiger partial charge in [0, 0.05) is 25.4 Å². The van der Waals surface area contributed by atoms with Gasteiger partial charge in [0.15, 0.2) is 0 Å². The van der Waals surface area contributed by atoms with Gasteiger partial charge in [0.25, 0.3) is 5.91 Å². The number of hydrogen-bond acceptors (Lipinski definition) is 6. The van der Waals surface area contributed by atoms with E-state index in [1.165, 1.54) is 4.90 Å². The van der Waals surface area contributed by atoms with E-state index in [9.17, 15) is 9.59 Å². The van der Waals surface area contributed by atoms with E-state index < -0.39 is 0 Å². The fraction of sp³-hybridized carbons (Fsp3) is 0.389. The minimum Gasteiger partial charge on any atom is -0.348 e. The van der Waals surface area contributed by atoms with Crippen LogP contribution in [0.3, 0.4) is 0 Å². The van der Waals surface area contributed by atoms with Crippen molar-refractivity contribution < 1.29 is 9.59 Å². The zero-order valence-corrected chi connectivity index (χ0v) is 16.7. The summed E-state index contributed by atoms with van der Waals surface area (Å²) < 4.78 is 0. The summed E-state index contributed by atoms with van der Waals surface area (Å²) >= 11 is 3.27. The number of hydrogen-bond donors (Lipinski definition) is 0. The third-order valence-electron chi connectivity index (χ3n) is 4.15. The van der Waals surface area contributed by atoms with Gasteiger partial charge in [-0.25, -0.2) is 5.01 Å². The molecule has 0 radical (unpaired) electrons. The zero-order chi connectivity index (χ0) is 18.7. The van der Waals surface area contributed by atoms with Gasteiger partial charge >= 0.3 is 0 Å². The van der Waals surface area contributed by atoms with Crippen molar-refractivity contribution >= 4 is 40.2 Å². The number of amides is 2. The van der Waals surface area contributed by atoms with Crippen LogP contribution in [0.2, 0.25) is 0 Å². The van der Waals surface area contributed by atoms with E-state index in [-0.39, 0.29) is 30.9 Å². The Morgan fingerprint density at radius 3 is 2.50 bits per heavy atom. The Labute approximate surface area is 161 Å². The lowest BCUT2D eigenvalue weighted by atomic mass is 10.1. The summed E-state index contributed by atoms with van der Waals surface area (Å²) in [6.45, 7) is 0.362. The highest BCUT2D eigenvalue weighted by molar-refractivity contribution is 7.12. The van der Waals surface area contributed by atoms with Crippen LogP contribution in [0.5, 0.6) is 0 Å². The van der Waals surface area contributed by atoms with E-state index in [2.05, 4.69) is 5.10 Å². The molecular formula is C18H22N4O2S2. The van der Waals surface area contributed by atoms with Gasteiger partial charge in [-0.2, -0.15) is 5.10 Å². The van der Waals surface area contributed by atoms with E-state index >= 15 is 0 Å². The van der Waals surface area contributed by atoms with Crippen LogP contribution in [0.4, 0.5) is 0 Å². The summed E-state index contributed by atoms with van der Waals surface area (Å²) in [4.78, 5) is 30.2. The molecule has 26 heavy (non-hydrogen) atoms. The molecule has 0 aromatic carbocycles. The van der Waals surface area contributed by atoms with E-state index in [1.807, 2.05) is 35.0 Å². The van der Waals surface area contributed by atoms with Gasteiger partial charge in [-0.05, 0) is 29.9 Å². The maximum Gasteiger partial charge on any atom is 0.257 e. The first-order valence-corrected chi connectivity index (χ1v) is 10.1. The van der Waals surface area contributed by atoms with Crippen molar-refractivity contribution in [3.63, 3.8) is 0 Å². The van der Waals surface area contributed by atoms with Crippen molar-refractivity contribution in [2.45, 2.75) is 12.5 Å². The molecular weight excluding hydrogens is 368 g/mol. The normalized spacial score (nSPS) is 16.8. The van der Waals surface area contributed by atoms with Gasteiger partial charge in [0.2, 0.25) is 5.91 Å². The fourth-order valence-electron chi connectivity index (χ4n) is 2.77. The first kappa shape index (κ1) is 18.8. The molecule has 6 nitrogen and oxygen atoms in total. The molecule has 0 saturated heterocycles. The molecule has 0 aliphatic carbocycles. The van der Waals surface area contributed by atoms with Crippen LogP contribution in [-0.2, 0) is 9.59 Å². The van der Waals surface area contributed by atoms with Gasteiger partial charge in [-0.15, -0.1) is 22.7 Å². The van der Waals surface area contributed by atoms with Gasteiger partial charge in [0.1, 0.15) is 0 Å². The van der Waals surface area contributed by atoms with Crippen LogP contribution in [0.1, 0.15) is 22.2 Å². The number of nitrogens with zero attached hydrogens (tertiary/aromatic N) is 4. The average Bonchev–Trinajstić information content (AvgIpc) is 3.33. The molecule has 0 N–H and O–H groups in total. The predicted octanol–water partition coefficient (Wildman–Crippen LogP) is 2.51. The number of carbonyl (C=O) groups excluding carboxylic acids is 2. The molecule has 0 spiro atoms. The third-order valence-corrected chi connectivity index (χ3v) is 6.04. The van der Waals surface area contributed by atoms with Gasteiger partial charge in [-0.1, -0.05) is 12.1 Å². The lowest BCUT2D eigenvalue weighted by Crippen LogP contribution is -2.41. The molecule has 1 aliphatic rings. The predicted molar refractivity (Wildman–Crippen MR) is 106 cm³/mol. The minimum atomic E-state index is -0.0935. The van der Waals surface area contributed by atoms with Crippen molar-refractivity contribution in [1.82, 2.24) is 14.8 Å². The van der Waals surface area contributed by atoms with Crippen LogP contribution >= 0.6 is 22.7 Å². The molecule has 138 valence electrons. The Balaban J connectivity index is 1.75. The van der Waals surface area contributed by atoms with Crippen LogP contribution in [0, 0.1) is 0 Å². The van der Waals surface area contributed by atoms with E-state index in [1.54, 1.807) is 53.7 Å². The average molecular weight is 391 g/mol. The van der Waals surface area contributed by atoms with Crippen LogP contribution < -0.4 is 0 Å². The number of rotatable bonds is 6. The summed E-state index contributed by atoms with van der Waals surface area (Å²) in [5.74, 6) is -0.122. The smallest absolute Gasteiger partial charge is 0.257 e. The Kier molecular flexibility index (Phi) is 5.85. The second-order valence-corrected chi connectivity index (χ2v) is 8.39. The topological polar surface area (TPSA) is 56.2 Å². The molecule has 3 rings (SSSR count). The number of carbonyl (C=O) groups is 2. The highest BCUT2D eigenvalue weighted by Crippen LogP contribution is 2.35. The fourth-order valence-corrected chi connectivity index (χ4v) is 4.30. The monoisotopic (exact) mass is 390 g/mol. The molecule has 8 heteroatoms. The Morgan fingerprint density at radius 1 is 1.15 bits per heavy atom. The highest BCUT2D eigenvalue weighted by atomic mass is 32.1. The molecule has 1 aliphatic heterocycles. The maximum atomic E-state index is 12.9. The SMILES string of the molecule is CN(CC(=O)N(C)C)CC(=O)N1N=C(c2cccs2)C[C@@H]1c1cccs1. The molecule has 0 fully saturated rings. The van der Waals surface area contributed by atoms with Gasteiger partial charge in [0.05, 0.1) is 29.7 Å². The Hall–Kier alpha value is -2.03. The minimum absolute atomic E-state index is 0.0284. The van der Waals surface area contributed by atoms with Crippen molar-refractivity contribution in [2.75, 3.05) is 34.2 Å². The lowest BCUT2D eigenvalue weighted by Gasteiger charge is -2.24. The van der Waals surface area contributed by atoms with E-state index in [0.717, 1.165) is 15.5 Å². The lowest BCUT2D eigenvalue weighted by molar-refractivity contribution is -0.135. The second kappa shape index (κ2) is 8.11. The molecule has 0 bridgehead atoms. The van der Waals surface area contributed by atoms with Crippen molar-refractivity contribution in [2.24, 2.45) is 5.10 Å². The molecule has 0 saturated carbocycles. The Morgan fingerprint density at radius 2 is 1.88 bits per heavy atom.